The zero-order chi connectivity index (χ0) is 16.6. The second-order valence-corrected chi connectivity index (χ2v) is 6.85. The summed E-state index contributed by atoms with van der Waals surface area (Å²) in [4.78, 5) is 10.3. The van der Waals surface area contributed by atoms with Gasteiger partial charge in [0, 0.05) is 22.8 Å². The van der Waals surface area contributed by atoms with Crippen molar-refractivity contribution >= 4 is 16.6 Å². The third-order valence-electron chi connectivity index (χ3n) is 5.40. The molecule has 0 aliphatic heterocycles. The van der Waals surface area contributed by atoms with Gasteiger partial charge in [-0.1, -0.05) is 36.4 Å². The SMILES string of the molecule is CN(C)C1(c2ccccc2)CC=C(c2cc3cccnc3[nH]2)CC1. The van der Waals surface area contributed by atoms with Gasteiger partial charge in [-0.05, 0) is 62.7 Å². The molecule has 4 rings (SSSR count). The summed E-state index contributed by atoms with van der Waals surface area (Å²) < 4.78 is 0. The van der Waals surface area contributed by atoms with E-state index in [2.05, 4.69) is 77.5 Å². The number of benzene rings is 1. The molecule has 0 radical (unpaired) electrons. The Morgan fingerprint density at radius 1 is 1.08 bits per heavy atom. The van der Waals surface area contributed by atoms with Gasteiger partial charge in [-0.15, -0.1) is 0 Å². The first kappa shape index (κ1) is 15.2. The van der Waals surface area contributed by atoms with E-state index in [-0.39, 0.29) is 5.54 Å². The average molecular weight is 317 g/mol. The van der Waals surface area contributed by atoms with Crippen molar-refractivity contribution in [2.24, 2.45) is 0 Å². The van der Waals surface area contributed by atoms with Crippen LogP contribution in [0.4, 0.5) is 0 Å². The number of pyridine rings is 1. The Balaban J connectivity index is 1.68. The molecule has 1 atom stereocenters. The molecule has 0 amide bonds. The predicted molar refractivity (Wildman–Crippen MR) is 99.7 cm³/mol. The Morgan fingerprint density at radius 2 is 1.92 bits per heavy atom. The van der Waals surface area contributed by atoms with Crippen molar-refractivity contribution in [2.45, 2.75) is 24.8 Å². The molecule has 0 spiro atoms. The fraction of sp³-hybridized carbons (Fsp3) is 0.286. The third kappa shape index (κ3) is 2.45. The van der Waals surface area contributed by atoms with E-state index in [9.17, 15) is 0 Å². The quantitative estimate of drug-likeness (QED) is 0.766. The molecule has 1 aromatic carbocycles. The van der Waals surface area contributed by atoms with E-state index >= 15 is 0 Å². The monoisotopic (exact) mass is 317 g/mol. The van der Waals surface area contributed by atoms with Crippen LogP contribution in [0.15, 0.2) is 60.8 Å². The van der Waals surface area contributed by atoms with Crippen LogP contribution in [0, 0.1) is 0 Å². The summed E-state index contributed by atoms with van der Waals surface area (Å²) in [7, 11) is 4.39. The van der Waals surface area contributed by atoms with Gasteiger partial charge < -0.3 is 4.98 Å². The van der Waals surface area contributed by atoms with E-state index in [4.69, 9.17) is 0 Å². The molecule has 2 heterocycles. The molecule has 1 aliphatic rings. The fourth-order valence-electron chi connectivity index (χ4n) is 3.89. The van der Waals surface area contributed by atoms with Crippen LogP contribution in [0.25, 0.3) is 16.6 Å². The van der Waals surface area contributed by atoms with E-state index in [0.717, 1.165) is 24.9 Å². The van der Waals surface area contributed by atoms with Gasteiger partial charge in [-0.3, -0.25) is 4.90 Å². The smallest absolute Gasteiger partial charge is 0.137 e. The lowest BCUT2D eigenvalue weighted by Crippen LogP contribution is -2.42. The van der Waals surface area contributed by atoms with E-state index in [0.29, 0.717) is 0 Å². The maximum atomic E-state index is 4.41. The number of H-pyrrole nitrogens is 1. The number of fused-ring (bicyclic) bond motifs is 1. The summed E-state index contributed by atoms with van der Waals surface area (Å²) in [5.74, 6) is 0. The minimum atomic E-state index is 0.0923. The minimum Gasteiger partial charge on any atom is -0.340 e. The van der Waals surface area contributed by atoms with Gasteiger partial charge in [-0.2, -0.15) is 0 Å². The van der Waals surface area contributed by atoms with E-state index < -0.39 is 0 Å². The first-order valence-electron chi connectivity index (χ1n) is 8.55. The largest absolute Gasteiger partial charge is 0.340 e. The molecule has 122 valence electrons. The first-order chi connectivity index (χ1) is 11.7. The molecule has 0 saturated heterocycles. The van der Waals surface area contributed by atoms with Gasteiger partial charge in [0.25, 0.3) is 0 Å². The van der Waals surface area contributed by atoms with Crippen molar-refractivity contribution in [3.8, 4) is 0 Å². The van der Waals surface area contributed by atoms with E-state index in [1.165, 1.54) is 22.2 Å². The molecule has 0 fully saturated rings. The molecular formula is C21H23N3. The number of aromatic nitrogens is 2. The van der Waals surface area contributed by atoms with E-state index in [1.807, 2.05) is 12.3 Å². The number of hydrogen-bond acceptors (Lipinski definition) is 2. The molecule has 0 bridgehead atoms. The molecular weight excluding hydrogens is 294 g/mol. The summed E-state index contributed by atoms with van der Waals surface area (Å²) in [6.07, 6.45) is 7.46. The third-order valence-corrected chi connectivity index (χ3v) is 5.40. The highest BCUT2D eigenvalue weighted by Crippen LogP contribution is 2.42. The lowest BCUT2D eigenvalue weighted by Gasteiger charge is -2.42. The van der Waals surface area contributed by atoms with Gasteiger partial charge in [0.15, 0.2) is 0 Å². The number of rotatable bonds is 3. The number of allylic oxidation sites excluding steroid dienone is 1. The number of nitrogens with zero attached hydrogens (tertiary/aromatic N) is 2. The summed E-state index contributed by atoms with van der Waals surface area (Å²) in [5.41, 5.74) is 5.09. The summed E-state index contributed by atoms with van der Waals surface area (Å²) in [6, 6.07) is 17.2. The van der Waals surface area contributed by atoms with E-state index in [1.54, 1.807) is 0 Å². The van der Waals surface area contributed by atoms with Gasteiger partial charge in [0.2, 0.25) is 0 Å². The number of hydrogen-bond donors (Lipinski definition) is 1. The van der Waals surface area contributed by atoms with Crippen molar-refractivity contribution in [1.29, 1.82) is 0 Å². The van der Waals surface area contributed by atoms with Gasteiger partial charge in [0.05, 0.1) is 0 Å². The number of aromatic amines is 1. The zero-order valence-electron chi connectivity index (χ0n) is 14.3. The highest BCUT2D eigenvalue weighted by Gasteiger charge is 2.36. The molecule has 2 aromatic heterocycles. The van der Waals surface area contributed by atoms with Crippen LogP contribution >= 0.6 is 0 Å². The van der Waals surface area contributed by atoms with Gasteiger partial charge in [-0.25, -0.2) is 4.98 Å². The fourth-order valence-corrected chi connectivity index (χ4v) is 3.89. The van der Waals surface area contributed by atoms with Crippen LogP contribution in [0.5, 0.6) is 0 Å². The van der Waals surface area contributed by atoms with Crippen LogP contribution < -0.4 is 0 Å². The van der Waals surface area contributed by atoms with Gasteiger partial charge in [0.1, 0.15) is 5.65 Å². The second kappa shape index (κ2) is 5.91. The molecule has 3 nitrogen and oxygen atoms in total. The molecule has 1 N–H and O–H groups in total. The second-order valence-electron chi connectivity index (χ2n) is 6.85. The maximum Gasteiger partial charge on any atom is 0.137 e. The van der Waals surface area contributed by atoms with Crippen molar-refractivity contribution in [1.82, 2.24) is 14.9 Å². The van der Waals surface area contributed by atoms with Gasteiger partial charge >= 0.3 is 0 Å². The summed E-state index contributed by atoms with van der Waals surface area (Å²) in [6.45, 7) is 0. The Labute approximate surface area is 143 Å². The maximum absolute atomic E-state index is 4.41. The average Bonchev–Trinajstić information content (AvgIpc) is 3.06. The predicted octanol–water partition coefficient (Wildman–Crippen LogP) is 4.59. The molecule has 1 unspecified atom stereocenters. The van der Waals surface area contributed by atoms with Crippen LogP contribution in [-0.4, -0.2) is 29.0 Å². The minimum absolute atomic E-state index is 0.0923. The Kier molecular flexibility index (Phi) is 3.73. The van der Waals surface area contributed by atoms with Crippen molar-refractivity contribution in [2.75, 3.05) is 14.1 Å². The topological polar surface area (TPSA) is 31.9 Å². The number of nitrogens with one attached hydrogen (secondary N) is 1. The Hall–Kier alpha value is -2.39. The molecule has 24 heavy (non-hydrogen) atoms. The Bertz CT molecular complexity index is 843. The summed E-state index contributed by atoms with van der Waals surface area (Å²) in [5, 5.41) is 1.18. The first-order valence-corrected chi connectivity index (χ1v) is 8.55. The highest BCUT2D eigenvalue weighted by atomic mass is 15.1. The van der Waals surface area contributed by atoms with Crippen molar-refractivity contribution < 1.29 is 0 Å². The van der Waals surface area contributed by atoms with Crippen LogP contribution in [0.3, 0.4) is 0 Å². The lowest BCUT2D eigenvalue weighted by atomic mass is 9.76. The van der Waals surface area contributed by atoms with Crippen LogP contribution in [0.2, 0.25) is 0 Å². The standard InChI is InChI=1S/C21H23N3/c1-24(2)21(18-8-4-3-5-9-18)12-10-16(11-13-21)19-15-17-7-6-14-22-20(17)23-19/h3-10,14-15H,11-13H2,1-2H3,(H,22,23). The zero-order valence-corrected chi connectivity index (χ0v) is 14.3. The van der Waals surface area contributed by atoms with Crippen molar-refractivity contribution in [3.63, 3.8) is 0 Å². The van der Waals surface area contributed by atoms with Crippen LogP contribution in [0.1, 0.15) is 30.5 Å². The molecule has 3 aromatic rings. The Morgan fingerprint density at radius 3 is 2.58 bits per heavy atom. The molecule has 3 heteroatoms. The normalized spacial score (nSPS) is 21.2. The molecule has 0 saturated carbocycles. The highest BCUT2D eigenvalue weighted by molar-refractivity contribution is 5.82. The van der Waals surface area contributed by atoms with Crippen molar-refractivity contribution in [3.05, 3.63) is 72.1 Å². The molecule has 1 aliphatic carbocycles. The lowest BCUT2D eigenvalue weighted by molar-refractivity contribution is 0.138. The van der Waals surface area contributed by atoms with Crippen LogP contribution in [-0.2, 0) is 5.54 Å². The summed E-state index contributed by atoms with van der Waals surface area (Å²) >= 11 is 0.